The van der Waals surface area contributed by atoms with E-state index < -0.39 is 0 Å². The maximum atomic E-state index is 13.0. The highest BCUT2D eigenvalue weighted by atomic mass is 35.5. The van der Waals surface area contributed by atoms with E-state index in [9.17, 15) is 4.79 Å². The van der Waals surface area contributed by atoms with Crippen molar-refractivity contribution < 1.29 is 4.79 Å². The highest BCUT2D eigenvalue weighted by Crippen LogP contribution is 2.29. The zero-order chi connectivity index (χ0) is 19.0. The Morgan fingerprint density at radius 3 is 2.89 bits per heavy atom. The highest BCUT2D eigenvalue weighted by Gasteiger charge is 2.32. The average molecular weight is 422 g/mol. The summed E-state index contributed by atoms with van der Waals surface area (Å²) in [6.07, 6.45) is 2.40. The van der Waals surface area contributed by atoms with Gasteiger partial charge in [-0.25, -0.2) is 4.98 Å². The number of carbonyl (C=O) groups is 1. The zero-order valence-electron chi connectivity index (χ0n) is 14.7. The molecule has 0 unspecified atom stereocenters. The number of benzene rings is 1. The number of hydrogen-bond donors (Lipinski definition) is 0. The molecule has 0 bridgehead atoms. The van der Waals surface area contributed by atoms with Crippen LogP contribution in [0.2, 0.25) is 10.0 Å². The van der Waals surface area contributed by atoms with Gasteiger partial charge in [0, 0.05) is 25.3 Å². The largest absolute Gasteiger partial charge is 0.331 e. The molecule has 2 aliphatic rings. The first-order chi connectivity index (χ1) is 13.1. The number of aliphatic imine (C=N–C) groups is 1. The molecule has 1 fully saturated rings. The number of carbonyl (C=O) groups excluding carboxylic acids is 1. The van der Waals surface area contributed by atoms with E-state index in [1.165, 1.54) is 17.1 Å². The van der Waals surface area contributed by atoms with E-state index in [0.29, 0.717) is 41.8 Å². The van der Waals surface area contributed by atoms with Crippen molar-refractivity contribution in [3.8, 4) is 0 Å². The molecule has 140 valence electrons. The van der Waals surface area contributed by atoms with Gasteiger partial charge in [-0.3, -0.25) is 9.79 Å². The molecule has 0 radical (unpaired) electrons. The first-order valence-corrected chi connectivity index (χ1v) is 10.1. The van der Waals surface area contributed by atoms with Crippen LogP contribution in [0.15, 0.2) is 40.8 Å². The molecule has 9 heteroatoms. The standard InChI is InChI=1S/C18H17Cl2N5OS/c1-11-5-6-21-16(17-22-10-23-27-17)25-8-7-24(9-14(11)25)18(26)12-3-2-4-13(19)15(12)20/h2-4,10H,5-9H2,1H3. The summed E-state index contributed by atoms with van der Waals surface area (Å²) in [4.78, 5) is 26.1. The van der Waals surface area contributed by atoms with E-state index >= 15 is 0 Å². The molecule has 1 amide bonds. The number of fused-ring (bicyclic) bond motifs is 1. The molecule has 3 heterocycles. The van der Waals surface area contributed by atoms with Gasteiger partial charge in [-0.1, -0.05) is 34.8 Å². The number of aromatic nitrogens is 2. The molecule has 1 saturated heterocycles. The molecule has 0 spiro atoms. The van der Waals surface area contributed by atoms with Crippen LogP contribution < -0.4 is 0 Å². The topological polar surface area (TPSA) is 61.7 Å². The molecule has 6 nitrogen and oxygen atoms in total. The average Bonchev–Trinajstić information content (AvgIpc) is 3.15. The predicted octanol–water partition coefficient (Wildman–Crippen LogP) is 3.73. The van der Waals surface area contributed by atoms with Crippen molar-refractivity contribution in [2.24, 2.45) is 4.99 Å². The molecular formula is C18H17Cl2N5OS. The van der Waals surface area contributed by atoms with Crippen LogP contribution in [0.25, 0.3) is 0 Å². The predicted molar refractivity (Wildman–Crippen MR) is 108 cm³/mol. The fraction of sp³-hybridized carbons (Fsp3) is 0.333. The Balaban J connectivity index is 1.63. The van der Waals surface area contributed by atoms with Crippen LogP contribution in [0.4, 0.5) is 0 Å². The van der Waals surface area contributed by atoms with Crippen LogP contribution in [0.3, 0.4) is 0 Å². The van der Waals surface area contributed by atoms with Gasteiger partial charge in [0.1, 0.15) is 6.33 Å². The van der Waals surface area contributed by atoms with Crippen LogP contribution in [0, 0.1) is 0 Å². The Labute approximate surface area is 171 Å². The second kappa shape index (κ2) is 7.58. The van der Waals surface area contributed by atoms with Crippen LogP contribution in [0.5, 0.6) is 0 Å². The Bertz CT molecular complexity index is 941. The highest BCUT2D eigenvalue weighted by molar-refractivity contribution is 7.07. The van der Waals surface area contributed by atoms with Gasteiger partial charge in [0.25, 0.3) is 5.91 Å². The second-order valence-corrected chi connectivity index (χ2v) is 7.97. The monoisotopic (exact) mass is 421 g/mol. The van der Waals surface area contributed by atoms with E-state index in [4.69, 9.17) is 28.2 Å². The maximum Gasteiger partial charge on any atom is 0.255 e. The quantitative estimate of drug-likeness (QED) is 0.740. The minimum absolute atomic E-state index is 0.110. The number of hydrogen-bond acceptors (Lipinski definition) is 6. The number of amidine groups is 1. The van der Waals surface area contributed by atoms with Crippen molar-refractivity contribution in [3.05, 3.63) is 56.4 Å². The van der Waals surface area contributed by atoms with Gasteiger partial charge in [0.15, 0.2) is 10.8 Å². The number of rotatable bonds is 2. The number of amides is 1. The number of nitrogens with zero attached hydrogens (tertiary/aromatic N) is 5. The third-order valence-electron chi connectivity index (χ3n) is 4.78. The van der Waals surface area contributed by atoms with Crippen LogP contribution >= 0.6 is 34.7 Å². The van der Waals surface area contributed by atoms with Gasteiger partial charge >= 0.3 is 0 Å². The minimum atomic E-state index is -0.110. The maximum absolute atomic E-state index is 13.0. The van der Waals surface area contributed by atoms with E-state index in [2.05, 4.69) is 21.2 Å². The summed E-state index contributed by atoms with van der Waals surface area (Å²) >= 11 is 13.7. The SMILES string of the molecule is CC1=C2CN(C(=O)c3cccc(Cl)c3Cl)CCN2C(c2ncns2)=NCC1. The smallest absolute Gasteiger partial charge is 0.255 e. The van der Waals surface area contributed by atoms with E-state index in [0.717, 1.165) is 23.0 Å². The molecule has 27 heavy (non-hydrogen) atoms. The number of piperazine rings is 1. The van der Waals surface area contributed by atoms with E-state index in [1.54, 1.807) is 24.5 Å². The molecule has 0 atom stereocenters. The van der Waals surface area contributed by atoms with Crippen molar-refractivity contribution in [2.75, 3.05) is 26.2 Å². The summed E-state index contributed by atoms with van der Waals surface area (Å²) in [5, 5.41) is 1.49. The van der Waals surface area contributed by atoms with E-state index in [1.807, 2.05) is 4.90 Å². The molecule has 0 saturated carbocycles. The van der Waals surface area contributed by atoms with Crippen molar-refractivity contribution >= 4 is 46.5 Å². The molecule has 1 aromatic carbocycles. The van der Waals surface area contributed by atoms with Crippen molar-refractivity contribution in [1.29, 1.82) is 0 Å². The third kappa shape index (κ3) is 3.47. The summed E-state index contributed by atoms with van der Waals surface area (Å²) in [6.45, 7) is 4.52. The normalized spacial score (nSPS) is 17.5. The van der Waals surface area contributed by atoms with Crippen LogP contribution in [-0.2, 0) is 0 Å². The van der Waals surface area contributed by atoms with Gasteiger partial charge < -0.3 is 9.80 Å². The molecule has 4 rings (SSSR count). The first-order valence-electron chi connectivity index (χ1n) is 8.57. The van der Waals surface area contributed by atoms with Gasteiger partial charge in [-0.2, -0.15) is 4.37 Å². The molecule has 0 N–H and O–H groups in total. The van der Waals surface area contributed by atoms with Gasteiger partial charge in [0.2, 0.25) is 0 Å². The lowest BCUT2D eigenvalue weighted by molar-refractivity contribution is 0.0727. The van der Waals surface area contributed by atoms with Crippen LogP contribution in [0.1, 0.15) is 28.7 Å². The second-order valence-electron chi connectivity index (χ2n) is 6.41. The van der Waals surface area contributed by atoms with Crippen molar-refractivity contribution in [2.45, 2.75) is 13.3 Å². The molecular weight excluding hydrogens is 405 g/mol. The Hall–Kier alpha value is -1.96. The van der Waals surface area contributed by atoms with Crippen molar-refractivity contribution in [1.82, 2.24) is 19.2 Å². The lowest BCUT2D eigenvalue weighted by Crippen LogP contribution is -2.49. The molecule has 1 aromatic heterocycles. The van der Waals surface area contributed by atoms with E-state index in [-0.39, 0.29) is 5.91 Å². The molecule has 2 aromatic rings. The molecule has 0 aliphatic carbocycles. The van der Waals surface area contributed by atoms with Crippen LogP contribution in [-0.4, -0.2) is 57.1 Å². The summed E-state index contributed by atoms with van der Waals surface area (Å²) in [5.74, 6) is 0.735. The first kappa shape index (κ1) is 18.4. The molecule has 2 aliphatic heterocycles. The van der Waals surface area contributed by atoms with Gasteiger partial charge in [-0.15, -0.1) is 0 Å². The summed E-state index contributed by atoms with van der Waals surface area (Å²) in [6, 6.07) is 5.14. The van der Waals surface area contributed by atoms with Crippen molar-refractivity contribution in [3.63, 3.8) is 0 Å². The Morgan fingerprint density at radius 2 is 2.11 bits per heavy atom. The summed E-state index contributed by atoms with van der Waals surface area (Å²) < 4.78 is 4.10. The number of halogens is 2. The Kier molecular flexibility index (Phi) is 5.16. The van der Waals surface area contributed by atoms with Gasteiger partial charge in [0.05, 0.1) is 22.2 Å². The summed E-state index contributed by atoms with van der Waals surface area (Å²) in [7, 11) is 0. The zero-order valence-corrected chi connectivity index (χ0v) is 17.0. The Morgan fingerprint density at radius 1 is 1.26 bits per heavy atom. The summed E-state index contributed by atoms with van der Waals surface area (Å²) in [5.41, 5.74) is 2.76. The minimum Gasteiger partial charge on any atom is -0.331 e. The van der Waals surface area contributed by atoms with Gasteiger partial charge in [-0.05, 0) is 37.0 Å². The lowest BCUT2D eigenvalue weighted by Gasteiger charge is -2.38. The lowest BCUT2D eigenvalue weighted by atomic mass is 10.1. The fourth-order valence-electron chi connectivity index (χ4n) is 3.33. The fourth-order valence-corrected chi connectivity index (χ4v) is 4.25. The third-order valence-corrected chi connectivity index (χ3v) is 6.26.